The second-order valence-electron chi connectivity index (χ2n) is 6.45. The van der Waals surface area contributed by atoms with Crippen LogP contribution < -0.4 is 10.6 Å². The number of benzene rings is 1. The predicted molar refractivity (Wildman–Crippen MR) is 86.0 cm³/mol. The number of rotatable bonds is 2. The Labute approximate surface area is 137 Å². The Kier molecular flexibility index (Phi) is 4.59. The third-order valence-electron chi connectivity index (χ3n) is 3.34. The van der Waals surface area contributed by atoms with Crippen LogP contribution in [0.15, 0.2) is 30.3 Å². The Morgan fingerprint density at radius 2 is 1.79 bits per heavy atom. The maximum Gasteiger partial charge on any atom is 0.416 e. The molecule has 8 heteroatoms. The van der Waals surface area contributed by atoms with Gasteiger partial charge in [0.25, 0.3) is 0 Å². The number of aromatic nitrogens is 2. The summed E-state index contributed by atoms with van der Waals surface area (Å²) >= 11 is 0. The molecule has 0 radical (unpaired) electrons. The lowest BCUT2D eigenvalue weighted by Crippen LogP contribution is -2.21. The van der Waals surface area contributed by atoms with E-state index in [1.807, 2.05) is 20.8 Å². The van der Waals surface area contributed by atoms with Gasteiger partial charge in [0.2, 0.25) is 0 Å². The minimum atomic E-state index is -4.46. The number of aryl methyl sites for hydroxylation is 1. The van der Waals surface area contributed by atoms with Crippen LogP contribution in [0.2, 0.25) is 0 Å². The van der Waals surface area contributed by atoms with Gasteiger partial charge >= 0.3 is 12.2 Å². The van der Waals surface area contributed by atoms with Crippen LogP contribution in [0.1, 0.15) is 32.0 Å². The summed E-state index contributed by atoms with van der Waals surface area (Å²) in [6.45, 7) is 5.96. The van der Waals surface area contributed by atoms with E-state index < -0.39 is 17.8 Å². The second kappa shape index (κ2) is 6.18. The number of halogens is 3. The number of amides is 2. The highest BCUT2D eigenvalue weighted by Crippen LogP contribution is 2.30. The third kappa shape index (κ3) is 4.27. The van der Waals surface area contributed by atoms with Crippen molar-refractivity contribution in [2.45, 2.75) is 32.4 Å². The molecule has 24 heavy (non-hydrogen) atoms. The van der Waals surface area contributed by atoms with Crippen LogP contribution in [0.3, 0.4) is 0 Å². The fraction of sp³-hybridized carbons (Fsp3) is 0.375. The highest BCUT2D eigenvalue weighted by Gasteiger charge is 2.30. The van der Waals surface area contributed by atoms with Crippen LogP contribution in [-0.2, 0) is 18.6 Å². The molecule has 2 aromatic rings. The molecular formula is C16H19F3N4O. The van der Waals surface area contributed by atoms with E-state index in [1.54, 1.807) is 13.1 Å². The third-order valence-corrected chi connectivity index (χ3v) is 3.34. The van der Waals surface area contributed by atoms with Gasteiger partial charge in [-0.25, -0.2) is 4.79 Å². The fourth-order valence-corrected chi connectivity index (χ4v) is 2.00. The lowest BCUT2D eigenvalue weighted by molar-refractivity contribution is -0.137. The summed E-state index contributed by atoms with van der Waals surface area (Å²) in [4.78, 5) is 12.0. The maximum absolute atomic E-state index is 12.7. The molecule has 1 aromatic heterocycles. The van der Waals surface area contributed by atoms with Crippen molar-refractivity contribution in [3.05, 3.63) is 41.6 Å². The molecule has 0 spiro atoms. The zero-order valence-corrected chi connectivity index (χ0v) is 13.8. The summed E-state index contributed by atoms with van der Waals surface area (Å²) in [5.41, 5.74) is -0.161. The molecule has 2 amide bonds. The van der Waals surface area contributed by atoms with Crippen molar-refractivity contribution in [3.63, 3.8) is 0 Å². The van der Waals surface area contributed by atoms with Gasteiger partial charge in [0.1, 0.15) is 5.82 Å². The van der Waals surface area contributed by atoms with E-state index in [-0.39, 0.29) is 11.1 Å². The molecule has 0 unspecified atom stereocenters. The van der Waals surface area contributed by atoms with Crippen molar-refractivity contribution < 1.29 is 18.0 Å². The van der Waals surface area contributed by atoms with Gasteiger partial charge in [0.15, 0.2) is 0 Å². The Balaban J connectivity index is 2.11. The smallest absolute Gasteiger partial charge is 0.308 e. The number of alkyl halides is 3. The van der Waals surface area contributed by atoms with E-state index in [1.165, 1.54) is 16.8 Å². The number of nitrogens with one attached hydrogen (secondary N) is 2. The molecule has 1 heterocycles. The normalized spacial score (nSPS) is 12.1. The van der Waals surface area contributed by atoms with Crippen LogP contribution >= 0.6 is 0 Å². The summed E-state index contributed by atoms with van der Waals surface area (Å²) in [7, 11) is 1.68. The molecule has 2 rings (SSSR count). The van der Waals surface area contributed by atoms with Gasteiger partial charge in [-0.15, -0.1) is 0 Å². The van der Waals surface area contributed by atoms with Gasteiger partial charge in [-0.2, -0.15) is 18.3 Å². The largest absolute Gasteiger partial charge is 0.416 e. The van der Waals surface area contributed by atoms with Crippen molar-refractivity contribution in [2.24, 2.45) is 7.05 Å². The van der Waals surface area contributed by atoms with Gasteiger partial charge in [0.05, 0.1) is 11.3 Å². The van der Waals surface area contributed by atoms with Gasteiger partial charge in [-0.3, -0.25) is 10.00 Å². The first-order chi connectivity index (χ1) is 11.0. The first kappa shape index (κ1) is 17.8. The number of hydrogen-bond donors (Lipinski definition) is 2. The zero-order chi connectivity index (χ0) is 18.1. The van der Waals surface area contributed by atoms with Crippen molar-refractivity contribution in [1.29, 1.82) is 0 Å². The summed E-state index contributed by atoms with van der Waals surface area (Å²) < 4.78 is 39.5. The quantitative estimate of drug-likeness (QED) is 0.852. The molecule has 0 bridgehead atoms. The minimum absolute atomic E-state index is 0.0561. The Hall–Kier alpha value is -2.51. The van der Waals surface area contributed by atoms with E-state index >= 15 is 0 Å². The lowest BCUT2D eigenvalue weighted by atomic mass is 9.92. The molecule has 1 aromatic carbocycles. The van der Waals surface area contributed by atoms with E-state index in [9.17, 15) is 18.0 Å². The van der Waals surface area contributed by atoms with Crippen LogP contribution in [0.4, 0.5) is 29.5 Å². The Morgan fingerprint density at radius 1 is 1.12 bits per heavy atom. The number of urea groups is 1. The molecule has 130 valence electrons. The standard InChI is InChI=1S/C16H19F3N4O/c1-15(2,3)12-9-13(23(4)22-12)21-14(24)20-11-7-5-6-10(8-11)16(17,18)19/h5-9H,1-4H3,(H2,20,21,24). The molecule has 5 nitrogen and oxygen atoms in total. The molecule has 0 saturated heterocycles. The summed E-state index contributed by atoms with van der Waals surface area (Å²) in [6.07, 6.45) is -4.46. The molecule has 0 fully saturated rings. The predicted octanol–water partition coefficient (Wildman–Crippen LogP) is 4.38. The SMILES string of the molecule is Cn1nc(C(C)(C)C)cc1NC(=O)Nc1cccc(C(F)(F)F)c1. The Bertz CT molecular complexity index is 745. The van der Waals surface area contributed by atoms with Gasteiger partial charge in [-0.05, 0) is 18.2 Å². The fourth-order valence-electron chi connectivity index (χ4n) is 2.00. The van der Waals surface area contributed by atoms with Crippen LogP contribution in [-0.4, -0.2) is 15.8 Å². The molecular weight excluding hydrogens is 321 g/mol. The highest BCUT2D eigenvalue weighted by atomic mass is 19.4. The minimum Gasteiger partial charge on any atom is -0.308 e. The van der Waals surface area contributed by atoms with E-state index in [0.717, 1.165) is 17.8 Å². The number of carbonyl (C=O) groups is 1. The van der Waals surface area contributed by atoms with Crippen LogP contribution in [0.5, 0.6) is 0 Å². The number of hydrogen-bond acceptors (Lipinski definition) is 2. The van der Waals surface area contributed by atoms with Gasteiger partial charge in [0, 0.05) is 24.2 Å². The highest BCUT2D eigenvalue weighted by molar-refractivity contribution is 5.99. The lowest BCUT2D eigenvalue weighted by Gasteiger charge is -2.13. The molecule has 0 aliphatic heterocycles. The molecule has 0 aliphatic carbocycles. The molecule has 0 atom stereocenters. The molecule has 0 saturated carbocycles. The van der Waals surface area contributed by atoms with Gasteiger partial charge in [-0.1, -0.05) is 26.8 Å². The van der Waals surface area contributed by atoms with Crippen LogP contribution in [0.25, 0.3) is 0 Å². The van der Waals surface area contributed by atoms with Crippen LogP contribution in [0, 0.1) is 0 Å². The number of anilines is 2. The summed E-state index contributed by atoms with van der Waals surface area (Å²) in [5, 5.41) is 9.28. The molecule has 0 aliphatic rings. The maximum atomic E-state index is 12.7. The van der Waals surface area contributed by atoms with Crippen molar-refractivity contribution in [3.8, 4) is 0 Å². The first-order valence-electron chi connectivity index (χ1n) is 7.26. The van der Waals surface area contributed by atoms with Crippen molar-refractivity contribution in [1.82, 2.24) is 9.78 Å². The topological polar surface area (TPSA) is 59.0 Å². The average Bonchev–Trinajstić information content (AvgIpc) is 2.79. The average molecular weight is 340 g/mol. The number of nitrogens with zero attached hydrogens (tertiary/aromatic N) is 2. The number of carbonyl (C=O) groups excluding carboxylic acids is 1. The van der Waals surface area contributed by atoms with E-state index in [0.29, 0.717) is 5.82 Å². The second-order valence-corrected chi connectivity index (χ2v) is 6.45. The monoisotopic (exact) mass is 340 g/mol. The Morgan fingerprint density at radius 3 is 2.33 bits per heavy atom. The molecule has 2 N–H and O–H groups in total. The summed E-state index contributed by atoms with van der Waals surface area (Å²) in [5.74, 6) is 0.449. The van der Waals surface area contributed by atoms with E-state index in [2.05, 4.69) is 15.7 Å². The first-order valence-corrected chi connectivity index (χ1v) is 7.26. The van der Waals surface area contributed by atoms with Crippen molar-refractivity contribution in [2.75, 3.05) is 10.6 Å². The summed E-state index contributed by atoms with van der Waals surface area (Å²) in [6, 6.07) is 5.53. The van der Waals surface area contributed by atoms with E-state index in [4.69, 9.17) is 0 Å². The van der Waals surface area contributed by atoms with Gasteiger partial charge < -0.3 is 5.32 Å². The van der Waals surface area contributed by atoms with Crippen molar-refractivity contribution >= 4 is 17.5 Å². The zero-order valence-electron chi connectivity index (χ0n) is 13.8.